The number of nitro groups is 1. The Hall–Kier alpha value is -1.65. The monoisotopic (exact) mass is 181 g/mol. The van der Waals surface area contributed by atoms with E-state index in [1.165, 1.54) is 12.3 Å². The molecule has 0 amide bonds. The molecule has 0 unspecified atom stereocenters. The molecule has 0 aromatic carbocycles. The highest BCUT2D eigenvalue weighted by atomic mass is 16.6. The maximum atomic E-state index is 10.5. The fourth-order valence-electron chi connectivity index (χ4n) is 0.929. The van der Waals surface area contributed by atoms with Crippen molar-refractivity contribution >= 4 is 11.5 Å². The van der Waals surface area contributed by atoms with Gasteiger partial charge in [-0.3, -0.25) is 10.1 Å². The molecule has 5 nitrogen and oxygen atoms in total. The lowest BCUT2D eigenvalue weighted by molar-refractivity contribution is -0.384. The summed E-state index contributed by atoms with van der Waals surface area (Å²) in [6.45, 7) is 3.80. The number of nitrogens with one attached hydrogen (secondary N) is 1. The largest absolute Gasteiger partial charge is 0.362 e. The van der Waals surface area contributed by atoms with Crippen molar-refractivity contribution in [2.45, 2.75) is 19.9 Å². The van der Waals surface area contributed by atoms with Gasteiger partial charge in [0.1, 0.15) is 0 Å². The molecule has 0 atom stereocenters. The van der Waals surface area contributed by atoms with E-state index >= 15 is 0 Å². The first-order valence-corrected chi connectivity index (χ1v) is 3.97. The fourth-order valence-corrected chi connectivity index (χ4v) is 0.929. The van der Waals surface area contributed by atoms with E-state index in [-0.39, 0.29) is 11.7 Å². The van der Waals surface area contributed by atoms with Gasteiger partial charge in [0.15, 0.2) is 0 Å². The molecule has 5 heteroatoms. The van der Waals surface area contributed by atoms with E-state index in [0.29, 0.717) is 5.82 Å². The molecule has 0 bridgehead atoms. The lowest BCUT2D eigenvalue weighted by Gasteiger charge is -2.07. The van der Waals surface area contributed by atoms with Gasteiger partial charge in [0, 0.05) is 18.3 Å². The molecule has 0 saturated carbocycles. The maximum absolute atomic E-state index is 10.5. The average Bonchev–Trinajstić information content (AvgIpc) is 2.03. The minimum Gasteiger partial charge on any atom is -0.362 e. The molecule has 70 valence electrons. The minimum absolute atomic E-state index is 0.0104. The summed E-state index contributed by atoms with van der Waals surface area (Å²) in [5.41, 5.74) is 0.0104. The molecule has 0 radical (unpaired) electrons. The molecule has 0 spiro atoms. The highest BCUT2D eigenvalue weighted by Gasteiger charge is 2.13. The van der Waals surface area contributed by atoms with Gasteiger partial charge in [-0.25, -0.2) is 4.98 Å². The molecular formula is C8H11N3O2. The second-order valence-corrected chi connectivity index (χ2v) is 2.93. The summed E-state index contributed by atoms with van der Waals surface area (Å²) in [5.74, 6) is 0.322. The van der Waals surface area contributed by atoms with Crippen molar-refractivity contribution in [3.8, 4) is 0 Å². The highest BCUT2D eigenvalue weighted by Crippen LogP contribution is 2.20. The van der Waals surface area contributed by atoms with Gasteiger partial charge in [0.05, 0.1) is 4.92 Å². The van der Waals surface area contributed by atoms with E-state index in [9.17, 15) is 10.1 Å². The number of hydrogen-bond acceptors (Lipinski definition) is 4. The van der Waals surface area contributed by atoms with Crippen LogP contribution in [0.1, 0.15) is 13.8 Å². The molecule has 1 aromatic heterocycles. The van der Waals surface area contributed by atoms with Crippen LogP contribution in [0.3, 0.4) is 0 Å². The van der Waals surface area contributed by atoms with Gasteiger partial charge in [-0.15, -0.1) is 0 Å². The van der Waals surface area contributed by atoms with E-state index in [0.717, 1.165) is 0 Å². The Morgan fingerprint density at radius 2 is 2.31 bits per heavy atom. The second kappa shape index (κ2) is 3.84. The Morgan fingerprint density at radius 1 is 1.62 bits per heavy atom. The van der Waals surface area contributed by atoms with Crippen LogP contribution < -0.4 is 5.32 Å². The Labute approximate surface area is 75.9 Å². The summed E-state index contributed by atoms with van der Waals surface area (Å²) >= 11 is 0. The van der Waals surface area contributed by atoms with Crippen LogP contribution in [0.15, 0.2) is 18.3 Å². The van der Waals surface area contributed by atoms with Crippen molar-refractivity contribution in [3.05, 3.63) is 28.4 Å². The zero-order valence-electron chi connectivity index (χ0n) is 7.52. The van der Waals surface area contributed by atoms with Crippen molar-refractivity contribution in [2.75, 3.05) is 5.32 Å². The van der Waals surface area contributed by atoms with Gasteiger partial charge in [-0.2, -0.15) is 0 Å². The minimum atomic E-state index is -0.447. The van der Waals surface area contributed by atoms with Gasteiger partial charge < -0.3 is 5.32 Å². The fraction of sp³-hybridized carbons (Fsp3) is 0.375. The van der Waals surface area contributed by atoms with Crippen molar-refractivity contribution in [2.24, 2.45) is 0 Å². The Kier molecular flexibility index (Phi) is 2.79. The molecule has 0 aliphatic carbocycles. The van der Waals surface area contributed by atoms with Gasteiger partial charge in [-0.1, -0.05) is 0 Å². The quantitative estimate of drug-likeness (QED) is 0.570. The number of pyridine rings is 1. The Balaban J connectivity index is 2.98. The third kappa shape index (κ3) is 2.40. The number of hydrogen-bond donors (Lipinski definition) is 1. The first-order valence-electron chi connectivity index (χ1n) is 3.97. The smallest absolute Gasteiger partial charge is 0.311 e. The number of nitrogens with zero attached hydrogens (tertiary/aromatic N) is 2. The number of rotatable bonds is 3. The van der Waals surface area contributed by atoms with Crippen LogP contribution >= 0.6 is 0 Å². The molecule has 0 saturated heterocycles. The summed E-state index contributed by atoms with van der Waals surface area (Å²) in [5, 5.41) is 13.4. The predicted molar refractivity (Wildman–Crippen MR) is 49.7 cm³/mol. The van der Waals surface area contributed by atoms with Crippen molar-refractivity contribution in [1.82, 2.24) is 4.98 Å². The lowest BCUT2D eigenvalue weighted by atomic mass is 10.3. The zero-order chi connectivity index (χ0) is 9.84. The van der Waals surface area contributed by atoms with E-state index < -0.39 is 4.92 Å². The van der Waals surface area contributed by atoms with E-state index in [1.807, 2.05) is 13.8 Å². The van der Waals surface area contributed by atoms with Crippen molar-refractivity contribution in [1.29, 1.82) is 0 Å². The molecule has 1 rings (SSSR count). The molecule has 13 heavy (non-hydrogen) atoms. The van der Waals surface area contributed by atoms with Crippen LogP contribution in [0.4, 0.5) is 11.5 Å². The van der Waals surface area contributed by atoms with Crippen LogP contribution in [0.5, 0.6) is 0 Å². The number of aromatic nitrogens is 1. The first kappa shape index (κ1) is 9.44. The first-order chi connectivity index (χ1) is 6.11. The molecule has 0 aliphatic heterocycles. The summed E-state index contributed by atoms with van der Waals surface area (Å²) < 4.78 is 0. The van der Waals surface area contributed by atoms with Crippen LogP contribution in [0, 0.1) is 10.1 Å². The van der Waals surface area contributed by atoms with Gasteiger partial charge in [0.25, 0.3) is 0 Å². The highest BCUT2D eigenvalue weighted by molar-refractivity contribution is 5.55. The van der Waals surface area contributed by atoms with Gasteiger partial charge >= 0.3 is 5.69 Å². The topological polar surface area (TPSA) is 68.1 Å². The molecule has 1 N–H and O–H groups in total. The normalized spacial score (nSPS) is 10.1. The van der Waals surface area contributed by atoms with Gasteiger partial charge in [-0.05, 0) is 19.9 Å². The third-order valence-electron chi connectivity index (χ3n) is 1.41. The Morgan fingerprint density at radius 3 is 2.85 bits per heavy atom. The Bertz CT molecular complexity index is 312. The molecular weight excluding hydrogens is 170 g/mol. The lowest BCUT2D eigenvalue weighted by Crippen LogP contribution is -2.12. The van der Waals surface area contributed by atoms with E-state index in [4.69, 9.17) is 0 Å². The molecule has 0 aliphatic rings. The average molecular weight is 181 g/mol. The van der Waals surface area contributed by atoms with Crippen LogP contribution in [-0.4, -0.2) is 15.9 Å². The van der Waals surface area contributed by atoms with Crippen LogP contribution in [-0.2, 0) is 0 Å². The maximum Gasteiger partial charge on any atom is 0.311 e. The van der Waals surface area contributed by atoms with Crippen LogP contribution in [0.25, 0.3) is 0 Å². The third-order valence-corrected chi connectivity index (χ3v) is 1.41. The van der Waals surface area contributed by atoms with Crippen molar-refractivity contribution < 1.29 is 4.92 Å². The predicted octanol–water partition coefficient (Wildman–Crippen LogP) is 1.81. The summed E-state index contributed by atoms with van der Waals surface area (Å²) in [4.78, 5) is 14.0. The SMILES string of the molecule is CC(C)Nc1ncccc1[N+](=O)[O-]. The van der Waals surface area contributed by atoms with Gasteiger partial charge in [0.2, 0.25) is 5.82 Å². The molecule has 0 fully saturated rings. The summed E-state index contributed by atoms with van der Waals surface area (Å²) in [6.07, 6.45) is 1.53. The van der Waals surface area contributed by atoms with Crippen LogP contribution in [0.2, 0.25) is 0 Å². The summed E-state index contributed by atoms with van der Waals surface area (Å²) in [6, 6.07) is 3.11. The second-order valence-electron chi connectivity index (χ2n) is 2.93. The molecule has 1 aromatic rings. The zero-order valence-corrected chi connectivity index (χ0v) is 7.52. The standard InChI is InChI=1S/C8H11N3O2/c1-6(2)10-8-7(11(12)13)4-3-5-9-8/h3-6H,1-2H3,(H,9,10). The molecule has 1 heterocycles. The number of anilines is 1. The van der Waals surface area contributed by atoms with E-state index in [2.05, 4.69) is 10.3 Å². The van der Waals surface area contributed by atoms with Crippen molar-refractivity contribution in [3.63, 3.8) is 0 Å². The van der Waals surface area contributed by atoms with E-state index in [1.54, 1.807) is 6.07 Å². The summed E-state index contributed by atoms with van der Waals surface area (Å²) in [7, 11) is 0.